The number of nitrogens with zero attached hydrogens (tertiary/aromatic N) is 5. The SMILES string of the molecule is FC(F)c1nc2ccccc2n1-c1cc(N2CCOCC2)nc(NCC2CCC(NC3CCSCC3)CC2)n1. The van der Waals surface area contributed by atoms with Gasteiger partial charge in [-0.15, -0.1) is 0 Å². The number of benzene rings is 1. The first-order valence-electron chi connectivity index (χ1n) is 14.2. The minimum Gasteiger partial charge on any atom is -0.378 e. The molecule has 210 valence electrons. The lowest BCUT2D eigenvalue weighted by Gasteiger charge is -2.33. The molecule has 39 heavy (non-hydrogen) atoms. The molecule has 3 aliphatic rings. The molecule has 2 aromatic heterocycles. The van der Waals surface area contributed by atoms with Gasteiger partial charge in [-0.2, -0.15) is 21.7 Å². The number of anilines is 2. The van der Waals surface area contributed by atoms with Gasteiger partial charge in [0.1, 0.15) is 11.6 Å². The lowest BCUT2D eigenvalue weighted by molar-refractivity contribution is 0.122. The van der Waals surface area contributed by atoms with Crippen molar-refractivity contribution in [1.29, 1.82) is 0 Å². The number of hydrogen-bond acceptors (Lipinski definition) is 8. The van der Waals surface area contributed by atoms with E-state index in [1.807, 2.05) is 6.07 Å². The molecular weight excluding hydrogens is 520 g/mol. The van der Waals surface area contributed by atoms with Crippen LogP contribution in [0.4, 0.5) is 20.5 Å². The molecule has 11 heteroatoms. The summed E-state index contributed by atoms with van der Waals surface area (Å²) in [6.07, 6.45) is 4.53. The van der Waals surface area contributed by atoms with Crippen LogP contribution in [0.15, 0.2) is 30.3 Å². The van der Waals surface area contributed by atoms with Crippen LogP contribution in [0.5, 0.6) is 0 Å². The van der Waals surface area contributed by atoms with Crippen LogP contribution in [0.2, 0.25) is 0 Å². The van der Waals surface area contributed by atoms with Crippen molar-refractivity contribution in [2.45, 2.75) is 57.0 Å². The second-order valence-electron chi connectivity index (χ2n) is 10.8. The number of fused-ring (bicyclic) bond motifs is 1. The maximum atomic E-state index is 14.1. The zero-order valence-electron chi connectivity index (χ0n) is 22.2. The molecule has 0 amide bonds. The van der Waals surface area contributed by atoms with Crippen molar-refractivity contribution in [1.82, 2.24) is 24.8 Å². The van der Waals surface area contributed by atoms with Crippen LogP contribution in [-0.2, 0) is 4.74 Å². The highest BCUT2D eigenvalue weighted by atomic mass is 32.2. The number of morpholine rings is 1. The zero-order chi connectivity index (χ0) is 26.6. The van der Waals surface area contributed by atoms with Gasteiger partial charge in [0, 0.05) is 37.8 Å². The Morgan fingerprint density at radius 2 is 1.64 bits per heavy atom. The van der Waals surface area contributed by atoms with Crippen molar-refractivity contribution in [3.63, 3.8) is 0 Å². The van der Waals surface area contributed by atoms with E-state index in [0.29, 0.717) is 72.9 Å². The predicted molar refractivity (Wildman–Crippen MR) is 152 cm³/mol. The van der Waals surface area contributed by atoms with Crippen LogP contribution >= 0.6 is 11.8 Å². The van der Waals surface area contributed by atoms with E-state index in [1.54, 1.807) is 24.3 Å². The number of rotatable bonds is 8. The van der Waals surface area contributed by atoms with E-state index in [1.165, 1.54) is 41.8 Å². The van der Waals surface area contributed by atoms with E-state index < -0.39 is 6.43 Å². The standard InChI is InChI=1S/C28H37F2N7OS/c29-26(30)27-33-22-3-1-2-4-23(22)37(27)25-17-24(36-11-13-38-14-12-36)34-28(35-25)31-18-19-5-7-20(8-6-19)32-21-9-15-39-16-10-21/h1-4,17,19-21,26,32H,5-16,18H2,(H,31,34,35). The molecule has 2 aliphatic heterocycles. The minimum atomic E-state index is -2.73. The van der Waals surface area contributed by atoms with Crippen LogP contribution in [0.3, 0.4) is 0 Å². The number of thioether (sulfide) groups is 1. The molecule has 3 aromatic rings. The molecule has 1 aromatic carbocycles. The molecule has 0 atom stereocenters. The Hall–Kier alpha value is -2.50. The molecule has 0 unspecified atom stereocenters. The van der Waals surface area contributed by atoms with Gasteiger partial charge in [0.05, 0.1) is 24.2 Å². The average molecular weight is 558 g/mol. The minimum absolute atomic E-state index is 0.309. The number of halogens is 2. The van der Waals surface area contributed by atoms with E-state index in [2.05, 4.69) is 32.3 Å². The third-order valence-corrected chi connectivity index (χ3v) is 9.18. The Morgan fingerprint density at radius 1 is 0.923 bits per heavy atom. The topological polar surface area (TPSA) is 80.1 Å². The normalized spacial score (nSPS) is 23.0. The fraction of sp³-hybridized carbons (Fsp3) is 0.607. The molecule has 1 aliphatic carbocycles. The lowest BCUT2D eigenvalue weighted by Crippen LogP contribution is -2.42. The molecular formula is C28H37F2N7OS. The van der Waals surface area contributed by atoms with Gasteiger partial charge in [-0.1, -0.05) is 12.1 Å². The summed E-state index contributed by atoms with van der Waals surface area (Å²) in [4.78, 5) is 15.9. The van der Waals surface area contributed by atoms with Crippen LogP contribution in [-0.4, -0.2) is 76.0 Å². The van der Waals surface area contributed by atoms with Crippen LogP contribution in [0.25, 0.3) is 16.9 Å². The Labute approximate surface area is 232 Å². The van der Waals surface area contributed by atoms with Crippen LogP contribution in [0, 0.1) is 5.92 Å². The molecule has 8 nitrogen and oxygen atoms in total. The molecule has 0 spiro atoms. The second kappa shape index (κ2) is 12.3. The first-order chi connectivity index (χ1) is 19.1. The largest absolute Gasteiger partial charge is 0.378 e. The van der Waals surface area contributed by atoms with Crippen LogP contribution in [0.1, 0.15) is 50.8 Å². The summed E-state index contributed by atoms with van der Waals surface area (Å²) in [6, 6.07) is 10.3. The number of para-hydroxylation sites is 2. The summed E-state index contributed by atoms with van der Waals surface area (Å²) in [7, 11) is 0. The summed E-state index contributed by atoms with van der Waals surface area (Å²) in [5, 5.41) is 7.37. The number of alkyl halides is 2. The number of ether oxygens (including phenoxy) is 1. The third-order valence-electron chi connectivity index (χ3n) is 8.13. The molecule has 0 radical (unpaired) electrons. The van der Waals surface area contributed by atoms with Gasteiger partial charge in [-0.05, 0) is 68.1 Å². The first kappa shape index (κ1) is 26.7. The van der Waals surface area contributed by atoms with Gasteiger partial charge in [0.2, 0.25) is 5.95 Å². The van der Waals surface area contributed by atoms with Crippen molar-refractivity contribution in [3.8, 4) is 5.82 Å². The fourth-order valence-electron chi connectivity index (χ4n) is 5.97. The van der Waals surface area contributed by atoms with E-state index in [0.717, 1.165) is 19.4 Å². The van der Waals surface area contributed by atoms with E-state index in [4.69, 9.17) is 14.7 Å². The third kappa shape index (κ3) is 6.30. The van der Waals surface area contributed by atoms with Crippen molar-refractivity contribution in [3.05, 3.63) is 36.2 Å². The summed E-state index contributed by atoms with van der Waals surface area (Å²) in [5.41, 5.74) is 1.12. The number of aromatic nitrogens is 4. The van der Waals surface area contributed by atoms with E-state index >= 15 is 0 Å². The Balaban J connectivity index is 1.20. The van der Waals surface area contributed by atoms with Gasteiger partial charge < -0.3 is 20.3 Å². The number of hydrogen-bond donors (Lipinski definition) is 2. The van der Waals surface area contributed by atoms with Crippen molar-refractivity contribution in [2.75, 3.05) is 54.6 Å². The number of nitrogens with one attached hydrogen (secondary N) is 2. The highest BCUT2D eigenvalue weighted by molar-refractivity contribution is 7.99. The number of imidazole rings is 1. The Morgan fingerprint density at radius 3 is 2.41 bits per heavy atom. The summed E-state index contributed by atoms with van der Waals surface area (Å²) >= 11 is 2.07. The van der Waals surface area contributed by atoms with Crippen LogP contribution < -0.4 is 15.5 Å². The molecule has 1 saturated carbocycles. The maximum Gasteiger partial charge on any atom is 0.296 e. The molecule has 2 saturated heterocycles. The molecule has 3 fully saturated rings. The average Bonchev–Trinajstić information content (AvgIpc) is 3.38. The second-order valence-corrected chi connectivity index (χ2v) is 12.0. The zero-order valence-corrected chi connectivity index (χ0v) is 23.0. The summed E-state index contributed by atoms with van der Waals surface area (Å²) in [6.45, 7) is 3.37. The fourth-order valence-corrected chi connectivity index (χ4v) is 7.07. The summed E-state index contributed by atoms with van der Waals surface area (Å²) < 4.78 is 35.2. The Kier molecular flexibility index (Phi) is 8.46. The molecule has 2 N–H and O–H groups in total. The van der Waals surface area contributed by atoms with Gasteiger partial charge in [0.25, 0.3) is 6.43 Å². The van der Waals surface area contributed by atoms with Gasteiger partial charge in [-0.25, -0.2) is 13.8 Å². The maximum absolute atomic E-state index is 14.1. The van der Waals surface area contributed by atoms with Gasteiger partial charge in [-0.3, -0.25) is 4.57 Å². The quantitative estimate of drug-likeness (QED) is 0.399. The smallest absolute Gasteiger partial charge is 0.296 e. The molecule has 0 bridgehead atoms. The van der Waals surface area contributed by atoms with E-state index in [9.17, 15) is 8.78 Å². The van der Waals surface area contributed by atoms with Gasteiger partial charge >= 0.3 is 0 Å². The highest BCUT2D eigenvalue weighted by Crippen LogP contribution is 2.30. The molecule has 6 rings (SSSR count). The molecule has 4 heterocycles. The first-order valence-corrected chi connectivity index (χ1v) is 15.3. The van der Waals surface area contributed by atoms with Crippen molar-refractivity contribution in [2.24, 2.45) is 5.92 Å². The highest BCUT2D eigenvalue weighted by Gasteiger charge is 2.26. The monoisotopic (exact) mass is 557 g/mol. The summed E-state index contributed by atoms with van der Waals surface area (Å²) in [5.74, 6) is 4.35. The lowest BCUT2D eigenvalue weighted by atomic mass is 9.85. The van der Waals surface area contributed by atoms with E-state index in [-0.39, 0.29) is 5.82 Å². The van der Waals surface area contributed by atoms with Crippen molar-refractivity contribution >= 4 is 34.6 Å². The Bertz CT molecular complexity index is 1240. The predicted octanol–water partition coefficient (Wildman–Crippen LogP) is 5.05. The van der Waals surface area contributed by atoms with Crippen molar-refractivity contribution < 1.29 is 13.5 Å². The van der Waals surface area contributed by atoms with Gasteiger partial charge in [0.15, 0.2) is 5.82 Å².